The lowest BCUT2D eigenvalue weighted by Crippen LogP contribution is -2.45. The van der Waals surface area contributed by atoms with Crippen LogP contribution in [0.5, 0.6) is 5.75 Å². The summed E-state index contributed by atoms with van der Waals surface area (Å²) >= 11 is 0. The molecule has 0 aliphatic carbocycles. The fourth-order valence-corrected chi connectivity index (χ4v) is 3.46. The van der Waals surface area contributed by atoms with Crippen molar-refractivity contribution in [2.75, 3.05) is 19.6 Å². The van der Waals surface area contributed by atoms with Crippen LogP contribution in [0.15, 0.2) is 47.6 Å². The van der Waals surface area contributed by atoms with Gasteiger partial charge < -0.3 is 9.74 Å². The predicted octanol–water partition coefficient (Wildman–Crippen LogP) is 4.02. The lowest BCUT2D eigenvalue weighted by Gasteiger charge is -2.37. The molecule has 22 heavy (non-hydrogen) atoms. The minimum absolute atomic E-state index is 0. The Morgan fingerprint density at radius 1 is 1.05 bits per heavy atom. The van der Waals surface area contributed by atoms with Gasteiger partial charge in [0.1, 0.15) is 0 Å². The zero-order valence-electron chi connectivity index (χ0n) is 12.9. The molecule has 3 nitrogen and oxygen atoms in total. The molecule has 2 bridgehead atoms. The van der Waals surface area contributed by atoms with Crippen LogP contribution in [0.3, 0.4) is 0 Å². The van der Waals surface area contributed by atoms with Crippen molar-refractivity contribution < 1.29 is 4.84 Å². The number of hydrogen-bond acceptors (Lipinski definition) is 3. The summed E-state index contributed by atoms with van der Waals surface area (Å²) in [6.07, 6.45) is 3.61. The number of oxime groups is 1. The summed E-state index contributed by atoms with van der Waals surface area (Å²) in [6.45, 7) is 3.56. The molecule has 2 atom stereocenters. The van der Waals surface area contributed by atoms with Gasteiger partial charge in [-0.25, -0.2) is 0 Å². The second-order valence-corrected chi connectivity index (χ2v) is 6.07. The van der Waals surface area contributed by atoms with Gasteiger partial charge in [-0.05, 0) is 42.3 Å². The molecule has 2 radical (unpaired) electrons. The van der Waals surface area contributed by atoms with Crippen LogP contribution in [0, 0.1) is 13.3 Å². The van der Waals surface area contributed by atoms with Crippen LogP contribution in [0.1, 0.15) is 19.3 Å². The van der Waals surface area contributed by atoms with E-state index in [1.165, 1.54) is 42.4 Å². The van der Waals surface area contributed by atoms with Gasteiger partial charge in [0.2, 0.25) is 0 Å². The van der Waals surface area contributed by atoms with Crippen molar-refractivity contribution in [3.8, 4) is 5.75 Å². The highest BCUT2D eigenvalue weighted by molar-refractivity contribution is 5.88. The minimum Gasteiger partial charge on any atom is -0.357 e. The molecule has 0 aromatic heterocycles. The molecule has 114 valence electrons. The van der Waals surface area contributed by atoms with Gasteiger partial charge in [-0.3, -0.25) is 0 Å². The van der Waals surface area contributed by atoms with Gasteiger partial charge in [0, 0.05) is 25.4 Å². The topological polar surface area (TPSA) is 24.8 Å². The van der Waals surface area contributed by atoms with Crippen molar-refractivity contribution >= 4 is 16.5 Å². The van der Waals surface area contributed by atoms with E-state index in [4.69, 9.17) is 4.84 Å². The highest BCUT2D eigenvalue weighted by Gasteiger charge is 2.29. The monoisotopic (exact) mass is 294 g/mol. The van der Waals surface area contributed by atoms with Crippen LogP contribution in [-0.4, -0.2) is 30.2 Å². The van der Waals surface area contributed by atoms with Gasteiger partial charge >= 0.3 is 0 Å². The molecule has 2 heterocycles. The zero-order valence-corrected chi connectivity index (χ0v) is 12.9. The SMILES string of the molecule is [CH2].c1ccc2cc(ON=C3CCN4CCCC3C4)ccc2c1. The highest BCUT2D eigenvalue weighted by Crippen LogP contribution is 2.25. The van der Waals surface area contributed by atoms with Crippen molar-refractivity contribution in [3.63, 3.8) is 0 Å². The Hall–Kier alpha value is -1.87. The smallest absolute Gasteiger partial charge is 0.158 e. The van der Waals surface area contributed by atoms with Crippen LogP contribution in [0.25, 0.3) is 10.8 Å². The first-order valence-corrected chi connectivity index (χ1v) is 7.83. The van der Waals surface area contributed by atoms with Gasteiger partial charge in [0.25, 0.3) is 0 Å². The molecule has 0 saturated carbocycles. The molecule has 4 rings (SSSR count). The molecule has 2 aliphatic rings. The zero-order chi connectivity index (χ0) is 14.1. The molecule has 3 heteroatoms. The third kappa shape index (κ3) is 3.00. The Kier molecular flexibility index (Phi) is 4.44. The van der Waals surface area contributed by atoms with E-state index in [9.17, 15) is 0 Å². The van der Waals surface area contributed by atoms with Crippen molar-refractivity contribution in [2.24, 2.45) is 11.1 Å². The molecular weight excluding hydrogens is 272 g/mol. The number of benzene rings is 2. The molecule has 2 saturated heterocycles. The number of rotatable bonds is 2. The van der Waals surface area contributed by atoms with E-state index in [1.807, 2.05) is 6.07 Å². The van der Waals surface area contributed by atoms with E-state index in [1.54, 1.807) is 0 Å². The minimum atomic E-state index is 0. The lowest BCUT2D eigenvalue weighted by molar-refractivity contribution is 0.184. The summed E-state index contributed by atoms with van der Waals surface area (Å²) in [5, 5.41) is 6.90. The molecule has 0 spiro atoms. The molecule has 2 unspecified atom stereocenters. The number of piperidine rings is 2. The van der Waals surface area contributed by atoms with Gasteiger partial charge in [0.15, 0.2) is 5.75 Å². The van der Waals surface area contributed by atoms with E-state index in [0.29, 0.717) is 5.92 Å². The Morgan fingerprint density at radius 2 is 1.91 bits per heavy atom. The van der Waals surface area contributed by atoms with Crippen molar-refractivity contribution in [2.45, 2.75) is 19.3 Å². The summed E-state index contributed by atoms with van der Waals surface area (Å²) in [6, 6.07) is 14.5. The Labute approximate surface area is 132 Å². The normalized spacial score (nSPS) is 25.7. The average molecular weight is 294 g/mol. The van der Waals surface area contributed by atoms with Crippen molar-refractivity contribution in [1.29, 1.82) is 0 Å². The third-order valence-corrected chi connectivity index (χ3v) is 4.65. The standard InChI is InChI=1S/C18H20N2O.CH2/c1-2-5-15-12-17(8-7-14(15)4-1)21-19-18-9-11-20-10-3-6-16(18)13-20;/h1-2,4-5,7-8,12,16H,3,6,9-11,13H2;1H2. The van der Waals surface area contributed by atoms with E-state index in [0.717, 1.165) is 18.7 Å². The molecular formula is C19H22N2O. The molecule has 2 fully saturated rings. The fourth-order valence-electron chi connectivity index (χ4n) is 3.46. The van der Waals surface area contributed by atoms with Crippen molar-refractivity contribution in [1.82, 2.24) is 4.90 Å². The average Bonchev–Trinajstić information content (AvgIpc) is 2.54. The summed E-state index contributed by atoms with van der Waals surface area (Å²) in [5.41, 5.74) is 1.25. The maximum atomic E-state index is 5.71. The first kappa shape index (κ1) is 15.0. The first-order valence-electron chi connectivity index (χ1n) is 7.83. The molecule has 2 aromatic carbocycles. The Morgan fingerprint density at radius 3 is 2.82 bits per heavy atom. The molecule has 2 aliphatic heterocycles. The Bertz CT molecular complexity index is 680. The van der Waals surface area contributed by atoms with Crippen LogP contribution < -0.4 is 4.84 Å². The van der Waals surface area contributed by atoms with Gasteiger partial charge in [-0.1, -0.05) is 42.9 Å². The lowest BCUT2D eigenvalue weighted by atomic mass is 9.88. The second-order valence-electron chi connectivity index (χ2n) is 6.07. The summed E-state index contributed by atoms with van der Waals surface area (Å²) in [5.74, 6) is 1.44. The highest BCUT2D eigenvalue weighted by atomic mass is 16.6. The molecule has 0 N–H and O–H groups in total. The van der Waals surface area contributed by atoms with E-state index < -0.39 is 0 Å². The maximum Gasteiger partial charge on any atom is 0.158 e. The summed E-state index contributed by atoms with van der Waals surface area (Å²) in [7, 11) is 0. The van der Waals surface area contributed by atoms with Crippen LogP contribution >= 0.6 is 0 Å². The van der Waals surface area contributed by atoms with Gasteiger partial charge in [-0.2, -0.15) is 0 Å². The molecule has 2 aromatic rings. The van der Waals surface area contributed by atoms with Gasteiger partial charge in [-0.15, -0.1) is 0 Å². The number of fused-ring (bicyclic) bond motifs is 3. The number of nitrogens with zero attached hydrogens (tertiary/aromatic N) is 2. The quantitative estimate of drug-likeness (QED) is 0.782. The Balaban J connectivity index is 0.00000144. The van der Waals surface area contributed by atoms with Crippen LogP contribution in [-0.2, 0) is 0 Å². The second kappa shape index (κ2) is 6.49. The third-order valence-electron chi connectivity index (χ3n) is 4.65. The predicted molar refractivity (Wildman–Crippen MR) is 91.1 cm³/mol. The molecule has 0 amide bonds. The fraction of sp³-hybridized carbons (Fsp3) is 0.368. The summed E-state index contributed by atoms with van der Waals surface area (Å²) in [4.78, 5) is 8.26. The van der Waals surface area contributed by atoms with E-state index >= 15 is 0 Å². The van der Waals surface area contributed by atoms with E-state index in [-0.39, 0.29) is 7.43 Å². The summed E-state index contributed by atoms with van der Waals surface area (Å²) < 4.78 is 0. The van der Waals surface area contributed by atoms with Crippen LogP contribution in [0.2, 0.25) is 0 Å². The van der Waals surface area contributed by atoms with Crippen LogP contribution in [0.4, 0.5) is 0 Å². The van der Waals surface area contributed by atoms with Crippen molar-refractivity contribution in [3.05, 3.63) is 49.9 Å². The maximum absolute atomic E-state index is 5.71. The number of hydrogen-bond donors (Lipinski definition) is 0. The largest absolute Gasteiger partial charge is 0.357 e. The van der Waals surface area contributed by atoms with Gasteiger partial charge in [0.05, 0.1) is 5.71 Å². The first-order chi connectivity index (χ1) is 10.4. The van der Waals surface area contributed by atoms with E-state index in [2.05, 4.69) is 46.5 Å².